The van der Waals surface area contributed by atoms with E-state index >= 15 is 0 Å². The molecule has 0 radical (unpaired) electrons. The number of rotatable bonds is 9. The zero-order valence-corrected chi connectivity index (χ0v) is 17.0. The Morgan fingerprint density at radius 3 is 2.19 bits per heavy atom. The van der Waals surface area contributed by atoms with E-state index in [9.17, 15) is 0 Å². The van der Waals surface area contributed by atoms with Gasteiger partial charge in [-0.3, -0.25) is 0 Å². The lowest BCUT2D eigenvalue weighted by Crippen LogP contribution is -2.15. The monoisotopic (exact) mass is 366 g/mol. The van der Waals surface area contributed by atoms with Gasteiger partial charge in [0.15, 0.2) is 0 Å². The van der Waals surface area contributed by atoms with Crippen molar-refractivity contribution in [2.24, 2.45) is 11.8 Å². The Morgan fingerprint density at radius 1 is 0.889 bits per heavy atom. The van der Waals surface area contributed by atoms with Crippen LogP contribution in [0.3, 0.4) is 0 Å². The standard InChI is InChI=1S/C24H34N2O/c1-3-5-16-27-23-13-11-21(12-14-23)22-17-25-24(26-18-22)15-10-20-8-6-19(4-2)7-9-20/h11-14,17-20H,3-10,15-16H2,1-2H3/t19-,20-. The predicted molar refractivity (Wildman–Crippen MR) is 112 cm³/mol. The van der Waals surface area contributed by atoms with Gasteiger partial charge in [0.05, 0.1) is 6.61 Å². The molecular weight excluding hydrogens is 332 g/mol. The summed E-state index contributed by atoms with van der Waals surface area (Å²) in [6.07, 6.45) is 15.4. The van der Waals surface area contributed by atoms with E-state index in [4.69, 9.17) is 4.74 Å². The topological polar surface area (TPSA) is 35.0 Å². The highest BCUT2D eigenvalue weighted by Gasteiger charge is 2.19. The van der Waals surface area contributed by atoms with Crippen LogP contribution >= 0.6 is 0 Å². The van der Waals surface area contributed by atoms with Gasteiger partial charge in [0, 0.05) is 24.4 Å². The maximum Gasteiger partial charge on any atom is 0.128 e. The Kier molecular flexibility index (Phi) is 7.67. The molecule has 1 aromatic carbocycles. The second-order valence-electron chi connectivity index (χ2n) is 7.95. The van der Waals surface area contributed by atoms with Crippen LogP contribution in [0.2, 0.25) is 0 Å². The van der Waals surface area contributed by atoms with Crippen LogP contribution in [-0.4, -0.2) is 16.6 Å². The molecule has 1 saturated carbocycles. The molecule has 1 heterocycles. The molecule has 27 heavy (non-hydrogen) atoms. The summed E-state index contributed by atoms with van der Waals surface area (Å²) in [5, 5.41) is 0. The first-order valence-corrected chi connectivity index (χ1v) is 10.8. The van der Waals surface area contributed by atoms with Crippen LogP contribution in [0.4, 0.5) is 0 Å². The zero-order chi connectivity index (χ0) is 18.9. The molecule has 0 bridgehead atoms. The predicted octanol–water partition coefficient (Wildman–Crippen LogP) is 6.47. The van der Waals surface area contributed by atoms with Crippen molar-refractivity contribution in [1.82, 2.24) is 9.97 Å². The van der Waals surface area contributed by atoms with Crippen molar-refractivity contribution in [3.05, 3.63) is 42.5 Å². The van der Waals surface area contributed by atoms with Crippen molar-refractivity contribution in [2.75, 3.05) is 6.61 Å². The van der Waals surface area contributed by atoms with Crippen LogP contribution in [0.25, 0.3) is 11.1 Å². The van der Waals surface area contributed by atoms with Gasteiger partial charge in [-0.2, -0.15) is 0 Å². The number of aryl methyl sites for hydroxylation is 1. The van der Waals surface area contributed by atoms with E-state index in [1.165, 1.54) is 38.5 Å². The fraction of sp³-hybridized carbons (Fsp3) is 0.583. The van der Waals surface area contributed by atoms with Crippen LogP contribution in [0.5, 0.6) is 5.75 Å². The number of aromatic nitrogens is 2. The number of nitrogens with zero attached hydrogens (tertiary/aromatic N) is 2. The molecule has 0 amide bonds. The minimum absolute atomic E-state index is 0.785. The largest absolute Gasteiger partial charge is 0.494 e. The van der Waals surface area contributed by atoms with E-state index < -0.39 is 0 Å². The smallest absolute Gasteiger partial charge is 0.128 e. The van der Waals surface area contributed by atoms with Crippen molar-refractivity contribution in [2.45, 2.75) is 71.6 Å². The summed E-state index contributed by atoms with van der Waals surface area (Å²) in [6.45, 7) is 5.29. The summed E-state index contributed by atoms with van der Waals surface area (Å²) in [5.41, 5.74) is 2.21. The molecule has 0 unspecified atom stereocenters. The molecule has 0 atom stereocenters. The maximum absolute atomic E-state index is 5.73. The Balaban J connectivity index is 1.48. The van der Waals surface area contributed by atoms with E-state index in [2.05, 4.69) is 35.9 Å². The Bertz CT molecular complexity index is 658. The third-order valence-corrected chi connectivity index (χ3v) is 5.98. The SMILES string of the molecule is CCCCOc1ccc(-c2cnc(CC[C@H]3CC[C@H](CC)CC3)nc2)cc1. The van der Waals surface area contributed by atoms with E-state index in [-0.39, 0.29) is 0 Å². The van der Waals surface area contributed by atoms with Gasteiger partial charge >= 0.3 is 0 Å². The van der Waals surface area contributed by atoms with Crippen molar-refractivity contribution >= 4 is 0 Å². The van der Waals surface area contributed by atoms with Crippen LogP contribution in [-0.2, 0) is 6.42 Å². The molecule has 3 nitrogen and oxygen atoms in total. The zero-order valence-electron chi connectivity index (χ0n) is 17.0. The first-order valence-electron chi connectivity index (χ1n) is 10.8. The minimum Gasteiger partial charge on any atom is -0.494 e. The first kappa shape index (κ1) is 19.9. The molecule has 0 saturated heterocycles. The van der Waals surface area contributed by atoms with E-state index in [0.29, 0.717) is 0 Å². The van der Waals surface area contributed by atoms with Crippen molar-refractivity contribution in [3.8, 4) is 16.9 Å². The number of unbranched alkanes of at least 4 members (excludes halogenated alkanes) is 1. The van der Waals surface area contributed by atoms with Gasteiger partial charge in [-0.05, 0) is 42.4 Å². The average Bonchev–Trinajstić information content (AvgIpc) is 2.74. The molecule has 3 rings (SSSR count). The number of benzene rings is 1. The summed E-state index contributed by atoms with van der Waals surface area (Å²) in [6, 6.07) is 8.24. The van der Waals surface area contributed by atoms with Gasteiger partial charge < -0.3 is 4.74 Å². The molecule has 0 N–H and O–H groups in total. The third-order valence-electron chi connectivity index (χ3n) is 5.98. The normalized spacial score (nSPS) is 19.8. The van der Waals surface area contributed by atoms with Gasteiger partial charge in [0.25, 0.3) is 0 Å². The Morgan fingerprint density at radius 2 is 1.56 bits per heavy atom. The van der Waals surface area contributed by atoms with Gasteiger partial charge in [-0.25, -0.2) is 9.97 Å². The van der Waals surface area contributed by atoms with Crippen LogP contribution in [0.15, 0.2) is 36.7 Å². The highest BCUT2D eigenvalue weighted by atomic mass is 16.5. The number of hydrogen-bond donors (Lipinski definition) is 0. The lowest BCUT2D eigenvalue weighted by molar-refractivity contribution is 0.258. The second-order valence-corrected chi connectivity index (χ2v) is 7.95. The highest BCUT2D eigenvalue weighted by Crippen LogP contribution is 2.32. The van der Waals surface area contributed by atoms with E-state index in [0.717, 1.165) is 60.4 Å². The lowest BCUT2D eigenvalue weighted by Gasteiger charge is -2.27. The molecule has 1 aliphatic carbocycles. The summed E-state index contributed by atoms with van der Waals surface area (Å²) in [5.74, 6) is 3.76. The number of ether oxygens (including phenoxy) is 1. The van der Waals surface area contributed by atoms with Crippen molar-refractivity contribution in [1.29, 1.82) is 0 Å². The van der Waals surface area contributed by atoms with Crippen molar-refractivity contribution < 1.29 is 4.74 Å². The number of hydrogen-bond acceptors (Lipinski definition) is 3. The van der Waals surface area contributed by atoms with Gasteiger partial charge in [0.1, 0.15) is 11.6 Å². The molecule has 1 fully saturated rings. The molecule has 3 heteroatoms. The summed E-state index contributed by atoms with van der Waals surface area (Å²) < 4.78 is 5.73. The van der Waals surface area contributed by atoms with Gasteiger partial charge in [0.2, 0.25) is 0 Å². The summed E-state index contributed by atoms with van der Waals surface area (Å²) >= 11 is 0. The Labute approximate surface area is 164 Å². The summed E-state index contributed by atoms with van der Waals surface area (Å²) in [7, 11) is 0. The molecule has 146 valence electrons. The lowest BCUT2D eigenvalue weighted by atomic mass is 9.79. The molecule has 0 spiro atoms. The van der Waals surface area contributed by atoms with E-state index in [1.807, 2.05) is 24.5 Å². The highest BCUT2D eigenvalue weighted by molar-refractivity contribution is 5.62. The fourth-order valence-electron chi connectivity index (χ4n) is 3.97. The van der Waals surface area contributed by atoms with Crippen LogP contribution < -0.4 is 4.74 Å². The Hall–Kier alpha value is -1.90. The van der Waals surface area contributed by atoms with E-state index in [1.54, 1.807) is 0 Å². The first-order chi connectivity index (χ1) is 13.3. The van der Waals surface area contributed by atoms with Gasteiger partial charge in [-0.15, -0.1) is 0 Å². The van der Waals surface area contributed by atoms with Gasteiger partial charge in [-0.1, -0.05) is 64.5 Å². The van der Waals surface area contributed by atoms with Crippen LogP contribution in [0.1, 0.15) is 71.0 Å². The molecule has 2 aromatic rings. The molecule has 1 aliphatic rings. The summed E-state index contributed by atoms with van der Waals surface area (Å²) in [4.78, 5) is 9.22. The van der Waals surface area contributed by atoms with Crippen molar-refractivity contribution in [3.63, 3.8) is 0 Å². The van der Waals surface area contributed by atoms with Crippen LogP contribution in [0, 0.1) is 11.8 Å². The molecule has 0 aliphatic heterocycles. The fourth-order valence-corrected chi connectivity index (χ4v) is 3.97. The second kappa shape index (κ2) is 10.4. The molecular formula is C24H34N2O. The third kappa shape index (κ3) is 6.05. The minimum atomic E-state index is 0.785. The average molecular weight is 367 g/mol. The maximum atomic E-state index is 5.73. The molecule has 1 aromatic heterocycles. The quantitative estimate of drug-likeness (QED) is 0.477.